The maximum atomic E-state index is 5.34. The molecule has 42 valence electrons. The molecule has 0 bridgehead atoms. The third kappa shape index (κ3) is 6.51. The molecule has 0 rings (SSSR count). The summed E-state index contributed by atoms with van der Waals surface area (Å²) < 4.78 is 0. The lowest BCUT2D eigenvalue weighted by Crippen LogP contribution is -1.78. The molecule has 0 amide bonds. The Kier molecular flexibility index (Phi) is 5.00. The van der Waals surface area contributed by atoms with Crippen molar-refractivity contribution >= 4 is 27.5 Å². The van der Waals surface area contributed by atoms with Crippen LogP contribution in [-0.4, -0.2) is 10.7 Å². The Morgan fingerprint density at radius 1 is 1.86 bits per heavy atom. The van der Waals surface area contributed by atoms with Crippen molar-refractivity contribution in [3.05, 3.63) is 12.2 Å². The van der Waals surface area contributed by atoms with Crippen molar-refractivity contribution in [3.63, 3.8) is 0 Å². The monoisotopic (exact) mass is 182 g/mol. The average molecular weight is 183 g/mol. The molecule has 0 aromatic rings. The molecule has 0 aromatic heterocycles. The highest BCUT2D eigenvalue weighted by Gasteiger charge is 1.81. The van der Waals surface area contributed by atoms with Crippen LogP contribution < -0.4 is 0 Å². The van der Waals surface area contributed by atoms with E-state index in [2.05, 4.69) is 15.9 Å². The van der Waals surface area contributed by atoms with Gasteiger partial charge in [0.25, 0.3) is 0 Å². The molecule has 0 aliphatic carbocycles. The van der Waals surface area contributed by atoms with Gasteiger partial charge < -0.3 is 0 Å². The Balaban J connectivity index is 3.08. The molecule has 7 heavy (non-hydrogen) atoms. The van der Waals surface area contributed by atoms with Crippen LogP contribution in [0.1, 0.15) is 6.92 Å². The SMILES string of the molecule is CC(Br)/C=C/CCl. The summed E-state index contributed by atoms with van der Waals surface area (Å²) in [5.41, 5.74) is 0. The number of allylic oxidation sites excluding steroid dienone is 2. The van der Waals surface area contributed by atoms with Crippen LogP contribution in [0, 0.1) is 0 Å². The van der Waals surface area contributed by atoms with E-state index in [1.165, 1.54) is 0 Å². The summed E-state index contributed by atoms with van der Waals surface area (Å²) in [5.74, 6) is 0.607. The maximum absolute atomic E-state index is 5.34. The predicted molar refractivity (Wildman–Crippen MR) is 38.2 cm³/mol. The zero-order chi connectivity index (χ0) is 5.70. The van der Waals surface area contributed by atoms with Crippen molar-refractivity contribution in [2.45, 2.75) is 11.8 Å². The van der Waals surface area contributed by atoms with Gasteiger partial charge >= 0.3 is 0 Å². The van der Waals surface area contributed by atoms with Gasteiger partial charge in [-0.05, 0) is 6.92 Å². The molecular formula is C5H8BrCl. The van der Waals surface area contributed by atoms with E-state index in [-0.39, 0.29) is 0 Å². The van der Waals surface area contributed by atoms with Gasteiger partial charge in [-0.2, -0.15) is 0 Å². The van der Waals surface area contributed by atoms with Gasteiger partial charge in [-0.25, -0.2) is 0 Å². The first-order chi connectivity index (χ1) is 3.27. The minimum Gasteiger partial charge on any atom is -0.122 e. The van der Waals surface area contributed by atoms with E-state index < -0.39 is 0 Å². The maximum Gasteiger partial charge on any atom is 0.0404 e. The Bertz CT molecular complexity index is 59.1. The Hall–Kier alpha value is 0.510. The van der Waals surface area contributed by atoms with E-state index in [1.807, 2.05) is 19.1 Å². The first-order valence-electron chi connectivity index (χ1n) is 2.14. The topological polar surface area (TPSA) is 0 Å². The van der Waals surface area contributed by atoms with Crippen molar-refractivity contribution in [1.82, 2.24) is 0 Å². The second kappa shape index (κ2) is 4.66. The van der Waals surface area contributed by atoms with Crippen molar-refractivity contribution in [3.8, 4) is 0 Å². The summed E-state index contributed by atoms with van der Waals surface area (Å²) in [6.45, 7) is 2.04. The van der Waals surface area contributed by atoms with Gasteiger partial charge in [-0.1, -0.05) is 28.1 Å². The molecule has 0 saturated heterocycles. The van der Waals surface area contributed by atoms with Gasteiger partial charge in [0, 0.05) is 10.7 Å². The van der Waals surface area contributed by atoms with E-state index in [4.69, 9.17) is 11.6 Å². The second-order valence-corrected chi connectivity index (χ2v) is 3.01. The highest BCUT2D eigenvalue weighted by Crippen LogP contribution is 1.97. The van der Waals surface area contributed by atoms with Crippen molar-refractivity contribution in [1.29, 1.82) is 0 Å². The molecule has 0 heterocycles. The molecule has 0 aliphatic heterocycles. The molecule has 0 radical (unpaired) electrons. The van der Waals surface area contributed by atoms with Crippen LogP contribution in [-0.2, 0) is 0 Å². The van der Waals surface area contributed by atoms with E-state index in [0.29, 0.717) is 10.7 Å². The van der Waals surface area contributed by atoms with Gasteiger partial charge in [0.05, 0.1) is 0 Å². The molecule has 0 saturated carbocycles. The number of hydrogen-bond acceptors (Lipinski definition) is 0. The van der Waals surface area contributed by atoms with Crippen molar-refractivity contribution in [2.24, 2.45) is 0 Å². The Labute approximate surface area is 57.7 Å². The second-order valence-electron chi connectivity index (χ2n) is 1.26. The molecule has 1 atom stereocenters. The van der Waals surface area contributed by atoms with E-state index in [0.717, 1.165) is 0 Å². The van der Waals surface area contributed by atoms with Crippen LogP contribution in [0.3, 0.4) is 0 Å². The van der Waals surface area contributed by atoms with Crippen LogP contribution >= 0.6 is 27.5 Å². The third-order valence-electron chi connectivity index (χ3n) is 0.490. The van der Waals surface area contributed by atoms with Gasteiger partial charge in [0.1, 0.15) is 0 Å². The Morgan fingerprint density at radius 2 is 2.43 bits per heavy atom. The smallest absolute Gasteiger partial charge is 0.0404 e. The quantitative estimate of drug-likeness (QED) is 0.456. The van der Waals surface area contributed by atoms with Crippen LogP contribution in [0.2, 0.25) is 0 Å². The first kappa shape index (κ1) is 7.51. The third-order valence-corrected chi connectivity index (χ3v) is 0.974. The highest BCUT2D eigenvalue weighted by molar-refractivity contribution is 9.09. The summed E-state index contributed by atoms with van der Waals surface area (Å²) in [7, 11) is 0. The van der Waals surface area contributed by atoms with E-state index in [1.54, 1.807) is 0 Å². The fourth-order valence-electron chi connectivity index (χ4n) is 0.239. The van der Waals surface area contributed by atoms with Crippen LogP contribution in [0.4, 0.5) is 0 Å². The van der Waals surface area contributed by atoms with Crippen molar-refractivity contribution < 1.29 is 0 Å². The number of alkyl halides is 2. The van der Waals surface area contributed by atoms with Crippen LogP contribution in [0.25, 0.3) is 0 Å². The molecule has 0 nitrogen and oxygen atoms in total. The fraction of sp³-hybridized carbons (Fsp3) is 0.600. The number of rotatable bonds is 2. The summed E-state index contributed by atoms with van der Waals surface area (Å²) in [5, 5.41) is 0. The molecule has 1 unspecified atom stereocenters. The lowest BCUT2D eigenvalue weighted by atomic mass is 10.4. The van der Waals surface area contributed by atoms with Gasteiger partial charge in [0.2, 0.25) is 0 Å². The highest BCUT2D eigenvalue weighted by atomic mass is 79.9. The zero-order valence-corrected chi connectivity index (χ0v) is 6.54. The van der Waals surface area contributed by atoms with Crippen molar-refractivity contribution in [2.75, 3.05) is 5.88 Å². The minimum atomic E-state index is 0.450. The predicted octanol–water partition coefficient (Wildman–Crippen LogP) is 2.56. The lowest BCUT2D eigenvalue weighted by molar-refractivity contribution is 1.27. The van der Waals surface area contributed by atoms with Crippen LogP contribution in [0.15, 0.2) is 12.2 Å². The van der Waals surface area contributed by atoms with Gasteiger partial charge in [0.15, 0.2) is 0 Å². The van der Waals surface area contributed by atoms with Gasteiger partial charge in [-0.3, -0.25) is 0 Å². The normalized spacial score (nSPS) is 15.3. The summed E-state index contributed by atoms with van der Waals surface area (Å²) in [4.78, 5) is 0.450. The van der Waals surface area contributed by atoms with E-state index >= 15 is 0 Å². The van der Waals surface area contributed by atoms with Gasteiger partial charge in [-0.15, -0.1) is 11.6 Å². The molecule has 0 aliphatic rings. The number of hydrogen-bond donors (Lipinski definition) is 0. The summed E-state index contributed by atoms with van der Waals surface area (Å²) in [6, 6.07) is 0. The summed E-state index contributed by atoms with van der Waals surface area (Å²) >= 11 is 8.67. The van der Waals surface area contributed by atoms with Crippen LogP contribution in [0.5, 0.6) is 0 Å². The standard InChI is InChI=1S/C5H8BrCl/c1-5(6)3-2-4-7/h2-3,5H,4H2,1H3/b3-2+. The average Bonchev–Trinajstić information content (AvgIpc) is 1.61. The first-order valence-corrected chi connectivity index (χ1v) is 3.59. The molecule has 0 fully saturated rings. The van der Waals surface area contributed by atoms with E-state index in [9.17, 15) is 0 Å². The summed E-state index contributed by atoms with van der Waals surface area (Å²) in [6.07, 6.45) is 3.92. The minimum absolute atomic E-state index is 0.450. The molecule has 0 aromatic carbocycles. The fourth-order valence-corrected chi connectivity index (χ4v) is 0.558. The number of halogens is 2. The lowest BCUT2D eigenvalue weighted by Gasteiger charge is -1.86. The molecular weight excluding hydrogens is 175 g/mol. The Morgan fingerprint density at radius 3 is 2.57 bits per heavy atom. The molecule has 0 N–H and O–H groups in total. The molecule has 2 heteroatoms. The largest absolute Gasteiger partial charge is 0.122 e. The molecule has 0 spiro atoms. The zero-order valence-electron chi connectivity index (χ0n) is 4.20.